The second kappa shape index (κ2) is 7.65. The molecule has 0 unspecified atom stereocenters. The summed E-state index contributed by atoms with van der Waals surface area (Å²) in [6.45, 7) is 5.07. The standard InChI is InChI=1S/C17H20N2O5S2/c1-17(2,3)18-26(22,23)14-9-10-16(15(11-14)19(20)21)24-12-5-7-13(25-4)8-6-12/h5-11,18H,1-4H3. The SMILES string of the molecule is CSc1ccc(Oc2ccc(S(=O)(=O)NC(C)(C)C)cc2[N+](=O)[O-])cc1. The molecule has 140 valence electrons. The van der Waals surface area contributed by atoms with E-state index in [1.165, 1.54) is 12.1 Å². The fraction of sp³-hybridized carbons (Fsp3) is 0.294. The fourth-order valence-electron chi connectivity index (χ4n) is 2.13. The highest BCUT2D eigenvalue weighted by Crippen LogP contribution is 2.34. The summed E-state index contributed by atoms with van der Waals surface area (Å²) in [6.07, 6.45) is 1.94. The van der Waals surface area contributed by atoms with Crippen LogP contribution in [0.5, 0.6) is 11.5 Å². The van der Waals surface area contributed by atoms with Gasteiger partial charge in [-0.1, -0.05) is 0 Å². The summed E-state index contributed by atoms with van der Waals surface area (Å²) >= 11 is 1.56. The molecule has 26 heavy (non-hydrogen) atoms. The van der Waals surface area contributed by atoms with Gasteiger partial charge in [0.2, 0.25) is 15.8 Å². The molecule has 0 aliphatic carbocycles. The molecule has 0 radical (unpaired) electrons. The van der Waals surface area contributed by atoms with Gasteiger partial charge in [-0.3, -0.25) is 10.1 Å². The van der Waals surface area contributed by atoms with Crippen molar-refractivity contribution in [3.63, 3.8) is 0 Å². The van der Waals surface area contributed by atoms with E-state index >= 15 is 0 Å². The van der Waals surface area contributed by atoms with Crippen molar-refractivity contribution >= 4 is 27.5 Å². The number of nitro groups is 1. The first-order valence-corrected chi connectivity index (χ1v) is 10.4. The summed E-state index contributed by atoms with van der Waals surface area (Å²) in [4.78, 5) is 11.6. The molecule has 7 nitrogen and oxygen atoms in total. The van der Waals surface area contributed by atoms with E-state index < -0.39 is 26.2 Å². The summed E-state index contributed by atoms with van der Waals surface area (Å²) in [5.41, 5.74) is -1.13. The Morgan fingerprint density at radius 1 is 1.12 bits per heavy atom. The molecule has 1 N–H and O–H groups in total. The van der Waals surface area contributed by atoms with Gasteiger partial charge in [-0.25, -0.2) is 13.1 Å². The summed E-state index contributed by atoms with van der Waals surface area (Å²) in [5.74, 6) is 0.399. The number of hydrogen-bond donors (Lipinski definition) is 1. The second-order valence-electron chi connectivity index (χ2n) is 6.52. The Kier molecular flexibility index (Phi) is 5.94. The van der Waals surface area contributed by atoms with E-state index in [0.29, 0.717) is 5.75 Å². The number of thioether (sulfide) groups is 1. The van der Waals surface area contributed by atoms with Gasteiger partial charge in [-0.2, -0.15) is 0 Å². The molecule has 0 fully saturated rings. The van der Waals surface area contributed by atoms with Gasteiger partial charge >= 0.3 is 5.69 Å². The number of hydrogen-bond acceptors (Lipinski definition) is 6. The Bertz CT molecular complexity index is 904. The van der Waals surface area contributed by atoms with Crippen LogP contribution in [-0.4, -0.2) is 25.1 Å². The zero-order chi connectivity index (χ0) is 19.5. The Morgan fingerprint density at radius 2 is 1.73 bits per heavy atom. The van der Waals surface area contributed by atoms with Crippen molar-refractivity contribution in [3.8, 4) is 11.5 Å². The van der Waals surface area contributed by atoms with E-state index in [1.807, 2.05) is 18.4 Å². The number of rotatable bonds is 6. The number of sulfonamides is 1. The lowest BCUT2D eigenvalue weighted by Gasteiger charge is -2.20. The van der Waals surface area contributed by atoms with Crippen LogP contribution in [0.3, 0.4) is 0 Å². The van der Waals surface area contributed by atoms with Crippen LogP contribution in [0.2, 0.25) is 0 Å². The van der Waals surface area contributed by atoms with E-state index in [9.17, 15) is 18.5 Å². The minimum Gasteiger partial charge on any atom is -0.450 e. The molecular weight excluding hydrogens is 376 g/mol. The second-order valence-corrected chi connectivity index (χ2v) is 9.08. The maximum Gasteiger partial charge on any atom is 0.312 e. The van der Waals surface area contributed by atoms with Crippen molar-refractivity contribution in [2.75, 3.05) is 6.26 Å². The van der Waals surface area contributed by atoms with E-state index in [2.05, 4.69) is 4.72 Å². The Balaban J connectivity index is 2.38. The number of ether oxygens (including phenoxy) is 1. The third kappa shape index (κ3) is 5.20. The zero-order valence-electron chi connectivity index (χ0n) is 14.8. The summed E-state index contributed by atoms with van der Waals surface area (Å²) in [6, 6.07) is 10.6. The first kappa shape index (κ1) is 20.2. The molecule has 0 atom stereocenters. The molecule has 2 aromatic rings. The fourth-order valence-corrected chi connectivity index (χ4v) is 3.97. The third-order valence-corrected chi connectivity index (χ3v) is 5.66. The van der Waals surface area contributed by atoms with Crippen molar-refractivity contribution in [3.05, 3.63) is 52.6 Å². The topological polar surface area (TPSA) is 98.5 Å². The highest BCUT2D eigenvalue weighted by molar-refractivity contribution is 7.98. The van der Waals surface area contributed by atoms with E-state index in [1.54, 1.807) is 44.7 Å². The lowest BCUT2D eigenvalue weighted by Crippen LogP contribution is -2.40. The Labute approximate surface area is 157 Å². The minimum atomic E-state index is -3.89. The average Bonchev–Trinajstić information content (AvgIpc) is 2.53. The quantitative estimate of drug-likeness (QED) is 0.447. The van der Waals surface area contributed by atoms with Crippen LogP contribution in [0.1, 0.15) is 20.8 Å². The summed E-state index contributed by atoms with van der Waals surface area (Å²) in [5, 5.41) is 11.4. The number of nitro benzene ring substituents is 1. The summed E-state index contributed by atoms with van der Waals surface area (Å²) in [7, 11) is -3.89. The molecule has 0 heterocycles. The maximum absolute atomic E-state index is 12.4. The van der Waals surface area contributed by atoms with Crippen molar-refractivity contribution in [1.29, 1.82) is 0 Å². The lowest BCUT2D eigenvalue weighted by atomic mass is 10.1. The van der Waals surface area contributed by atoms with Crippen LogP contribution < -0.4 is 9.46 Å². The molecule has 0 aliphatic heterocycles. The molecule has 0 aliphatic rings. The normalized spacial score (nSPS) is 12.0. The van der Waals surface area contributed by atoms with Gasteiger partial charge in [0.15, 0.2) is 0 Å². The van der Waals surface area contributed by atoms with Crippen LogP contribution >= 0.6 is 11.8 Å². The largest absolute Gasteiger partial charge is 0.450 e. The van der Waals surface area contributed by atoms with Gasteiger partial charge < -0.3 is 4.74 Å². The van der Waals surface area contributed by atoms with E-state index in [0.717, 1.165) is 11.0 Å². The molecule has 0 aromatic heterocycles. The molecule has 2 aromatic carbocycles. The van der Waals surface area contributed by atoms with Crippen LogP contribution in [0.4, 0.5) is 5.69 Å². The van der Waals surface area contributed by atoms with Crippen LogP contribution in [0, 0.1) is 10.1 Å². The number of nitrogens with one attached hydrogen (secondary N) is 1. The minimum absolute atomic E-state index is 0.0263. The molecule has 0 saturated heterocycles. The smallest absolute Gasteiger partial charge is 0.312 e. The van der Waals surface area contributed by atoms with Crippen LogP contribution in [0.15, 0.2) is 52.3 Å². The van der Waals surface area contributed by atoms with Crippen molar-refractivity contribution < 1.29 is 18.1 Å². The highest BCUT2D eigenvalue weighted by atomic mass is 32.2. The van der Waals surface area contributed by atoms with Gasteiger partial charge in [-0.15, -0.1) is 11.8 Å². The Morgan fingerprint density at radius 3 is 2.23 bits per heavy atom. The van der Waals surface area contributed by atoms with Gasteiger partial charge in [-0.05, 0) is 63.4 Å². The molecule has 0 bridgehead atoms. The zero-order valence-corrected chi connectivity index (χ0v) is 16.5. The highest BCUT2D eigenvalue weighted by Gasteiger charge is 2.26. The summed E-state index contributed by atoms with van der Waals surface area (Å²) < 4.78 is 32.8. The van der Waals surface area contributed by atoms with Gasteiger partial charge in [0.05, 0.1) is 9.82 Å². The van der Waals surface area contributed by atoms with Crippen molar-refractivity contribution in [1.82, 2.24) is 4.72 Å². The lowest BCUT2D eigenvalue weighted by molar-refractivity contribution is -0.385. The van der Waals surface area contributed by atoms with Crippen LogP contribution in [-0.2, 0) is 10.0 Å². The first-order valence-electron chi connectivity index (χ1n) is 7.66. The van der Waals surface area contributed by atoms with Gasteiger partial charge in [0.25, 0.3) is 0 Å². The average molecular weight is 396 g/mol. The predicted molar refractivity (Wildman–Crippen MR) is 101 cm³/mol. The molecule has 2 rings (SSSR count). The van der Waals surface area contributed by atoms with Crippen molar-refractivity contribution in [2.45, 2.75) is 36.1 Å². The monoisotopic (exact) mass is 396 g/mol. The molecule has 0 saturated carbocycles. The first-order chi connectivity index (χ1) is 12.0. The molecule has 0 amide bonds. The third-order valence-electron chi connectivity index (χ3n) is 3.17. The van der Waals surface area contributed by atoms with E-state index in [4.69, 9.17) is 4.74 Å². The molecule has 9 heteroatoms. The number of benzene rings is 2. The Hall–Kier alpha value is -2.10. The maximum atomic E-state index is 12.4. The molecule has 0 spiro atoms. The van der Waals surface area contributed by atoms with Crippen molar-refractivity contribution in [2.24, 2.45) is 0 Å². The number of nitrogens with zero attached hydrogens (tertiary/aromatic N) is 1. The van der Waals surface area contributed by atoms with Gasteiger partial charge in [0, 0.05) is 16.5 Å². The van der Waals surface area contributed by atoms with E-state index in [-0.39, 0.29) is 10.6 Å². The van der Waals surface area contributed by atoms with Crippen LogP contribution in [0.25, 0.3) is 0 Å². The molecular formula is C17H20N2O5S2. The predicted octanol–water partition coefficient (Wildman–Crippen LogP) is 4.19. The van der Waals surface area contributed by atoms with Gasteiger partial charge in [0.1, 0.15) is 5.75 Å².